The van der Waals surface area contributed by atoms with E-state index in [1.165, 1.54) is 15.2 Å². The fraction of sp³-hybridized carbons (Fsp3) is 0.500. The number of carbonyl (C=O) groups is 1. The molecule has 0 aromatic heterocycles. The fourth-order valence-corrected chi connectivity index (χ4v) is 0. The van der Waals surface area contributed by atoms with E-state index in [9.17, 15) is 0 Å². The molecule has 0 spiro atoms. The predicted octanol–water partition coefficient (Wildman–Crippen LogP) is 1.97. The van der Waals surface area contributed by atoms with Gasteiger partial charge in [-0.15, -0.1) is 0 Å². The number of carbonyl (C=O) groups excluding carboxylic acids is 1. The summed E-state index contributed by atoms with van der Waals surface area (Å²) in [6.45, 7) is 1.44. The Bertz CT molecular complexity index is 25.5. The van der Waals surface area contributed by atoms with Crippen LogP contribution in [-0.2, 0) is 13.1 Å². The van der Waals surface area contributed by atoms with Crippen LogP contribution in [0.25, 0.3) is 0 Å². The van der Waals surface area contributed by atoms with Crippen molar-refractivity contribution in [3.05, 3.63) is 0 Å². The molecule has 0 saturated carbocycles. The fourth-order valence-electron chi connectivity index (χ4n) is 0. The maximum atomic E-state index is 8.81. The second kappa shape index (κ2) is 15.9. The molecule has 0 atom stereocenters. The molecule has 0 bridgehead atoms. The molecule has 0 aromatic carbocycles. The van der Waals surface area contributed by atoms with E-state index in [2.05, 4.69) is 40.8 Å². The van der Waals surface area contributed by atoms with Crippen LogP contribution in [-0.4, -0.2) is 6.29 Å². The molecule has 41 valence electrons. The van der Waals surface area contributed by atoms with Gasteiger partial charge in [0.05, 0.1) is 0 Å². The summed E-state index contributed by atoms with van der Waals surface area (Å²) in [4.78, 5) is 8.81. The molecular weight excluding hydrogens is 353 g/mol. The Labute approximate surface area is 66.2 Å². The van der Waals surface area contributed by atoms with E-state index >= 15 is 0 Å². The van der Waals surface area contributed by atoms with Crippen molar-refractivity contribution >= 4 is 47.1 Å². The van der Waals surface area contributed by atoms with E-state index in [4.69, 9.17) is 4.79 Å². The van der Waals surface area contributed by atoms with Crippen molar-refractivity contribution in [2.45, 2.75) is 6.92 Å². The van der Waals surface area contributed by atoms with Gasteiger partial charge in [0, 0.05) is 0 Å². The number of rotatable bonds is 0. The van der Waals surface area contributed by atoms with Crippen LogP contribution >= 0.6 is 40.8 Å². The van der Waals surface area contributed by atoms with Crippen LogP contribution in [0.5, 0.6) is 0 Å². The zero-order valence-corrected chi connectivity index (χ0v) is 8.43. The summed E-state index contributed by atoms with van der Waals surface area (Å²) in [7, 11) is 1.38. The third-order valence-corrected chi connectivity index (χ3v) is 0. The molecule has 0 fully saturated rings. The molecule has 0 aromatic rings. The molecule has 0 unspecified atom stereocenters. The van der Waals surface area contributed by atoms with Crippen molar-refractivity contribution in [2.24, 2.45) is 0 Å². The van der Waals surface area contributed by atoms with Crippen molar-refractivity contribution in [1.82, 2.24) is 0 Å². The first-order chi connectivity index (χ1) is 2.83. The Morgan fingerprint density at radius 1 is 1.67 bits per heavy atom. The molecule has 1 nitrogen and oxygen atoms in total. The molecule has 0 amide bonds. The third-order valence-electron chi connectivity index (χ3n) is 0. The first kappa shape index (κ1) is 10.6. The average Bonchev–Trinajstić information content (AvgIpc) is 1.39. The van der Waals surface area contributed by atoms with E-state index in [1.54, 1.807) is 0 Å². The van der Waals surface area contributed by atoms with E-state index in [-0.39, 0.29) is 0 Å². The van der Waals surface area contributed by atoms with Crippen LogP contribution in [0.15, 0.2) is 0 Å². The van der Waals surface area contributed by atoms with Gasteiger partial charge in [0.1, 0.15) is 6.29 Å². The molecule has 0 radical (unpaired) electrons. The van der Waals surface area contributed by atoms with Crippen LogP contribution in [0.2, 0.25) is 0 Å². The predicted molar refractivity (Wildman–Crippen MR) is 39.8 cm³/mol. The Morgan fingerprint density at radius 3 is 1.67 bits per heavy atom. The van der Waals surface area contributed by atoms with Crippen molar-refractivity contribution in [1.29, 1.82) is 0 Å². The van der Waals surface area contributed by atoms with Gasteiger partial charge in [-0.25, -0.2) is 0 Å². The zero-order valence-electron chi connectivity index (χ0n) is 3.07. The normalized spacial score (nSPS) is 5.83. The average molecular weight is 357 g/mol. The van der Waals surface area contributed by atoms with Crippen LogP contribution < -0.4 is 0 Å². The van der Waals surface area contributed by atoms with E-state index in [0.717, 1.165) is 6.29 Å². The summed E-state index contributed by atoms with van der Waals surface area (Å²) < 4.78 is 0. The minimum atomic E-state index is 0.750. The van der Waals surface area contributed by atoms with E-state index in [1.807, 2.05) is 0 Å². The molecule has 0 N–H and O–H groups in total. The second-order valence-electron chi connectivity index (χ2n) is 0.283. The van der Waals surface area contributed by atoms with Crippen LogP contribution in [0.1, 0.15) is 6.92 Å². The Balaban J connectivity index is 0. The van der Waals surface area contributed by atoms with Crippen LogP contribution in [0, 0.1) is 0 Å². The van der Waals surface area contributed by atoms with Gasteiger partial charge in [-0.3, -0.25) is 0 Å². The van der Waals surface area contributed by atoms with Gasteiger partial charge in [0.15, 0.2) is 0 Å². The summed E-state index contributed by atoms with van der Waals surface area (Å²) in [5.41, 5.74) is 0. The minimum absolute atomic E-state index is 0.750. The molecule has 0 heterocycles. The number of halogens is 2. The molecule has 6 heavy (non-hydrogen) atoms. The molecular formula is C2H4CoI2O. The summed E-state index contributed by atoms with van der Waals surface area (Å²) in [6.07, 6.45) is 0.750. The van der Waals surface area contributed by atoms with Crippen molar-refractivity contribution in [2.75, 3.05) is 0 Å². The van der Waals surface area contributed by atoms with Crippen molar-refractivity contribution in [3.8, 4) is 0 Å². The SMILES string of the molecule is CC=O.[I][Co][I]. The van der Waals surface area contributed by atoms with E-state index < -0.39 is 0 Å². The molecule has 0 rings (SSSR count). The molecule has 0 saturated heterocycles. The number of aldehydes is 1. The third kappa shape index (κ3) is 45.2. The topological polar surface area (TPSA) is 17.1 Å². The van der Waals surface area contributed by atoms with Crippen LogP contribution in [0.3, 0.4) is 0 Å². The quantitative estimate of drug-likeness (QED) is 0.479. The summed E-state index contributed by atoms with van der Waals surface area (Å²) in [5, 5.41) is 0. The molecule has 0 aliphatic rings. The first-order valence-corrected chi connectivity index (χ1v) is 7.78. The second-order valence-corrected chi connectivity index (χ2v) is 9.07. The Kier molecular flexibility index (Phi) is 28.1. The van der Waals surface area contributed by atoms with Gasteiger partial charge in [0.2, 0.25) is 0 Å². The monoisotopic (exact) mass is 357 g/mol. The first-order valence-electron chi connectivity index (χ1n) is 1.07. The maximum absolute atomic E-state index is 8.81. The van der Waals surface area contributed by atoms with Gasteiger partial charge in [-0.1, -0.05) is 0 Å². The molecule has 0 aliphatic heterocycles. The number of hydrogen-bond acceptors (Lipinski definition) is 1. The van der Waals surface area contributed by atoms with Gasteiger partial charge in [-0.2, -0.15) is 0 Å². The van der Waals surface area contributed by atoms with Crippen LogP contribution in [0.4, 0.5) is 0 Å². The van der Waals surface area contributed by atoms with Gasteiger partial charge < -0.3 is 4.79 Å². The Morgan fingerprint density at radius 2 is 1.67 bits per heavy atom. The summed E-state index contributed by atoms with van der Waals surface area (Å²) in [5.74, 6) is 0. The molecule has 4 heteroatoms. The standard InChI is InChI=1S/C2H4O.Co.2HI/c1-2-3;;;/h2H,1H3;;2*1H/q;+2;;/p-2. The zero-order chi connectivity index (χ0) is 5.41. The summed E-state index contributed by atoms with van der Waals surface area (Å²) >= 11 is 4.49. The Hall–Kier alpha value is 1.64. The van der Waals surface area contributed by atoms with Crippen molar-refractivity contribution in [3.63, 3.8) is 0 Å². The summed E-state index contributed by atoms with van der Waals surface area (Å²) in [6, 6.07) is 0. The van der Waals surface area contributed by atoms with E-state index in [0.29, 0.717) is 0 Å². The molecule has 0 aliphatic carbocycles. The van der Waals surface area contributed by atoms with Gasteiger partial charge in [-0.05, 0) is 6.92 Å². The van der Waals surface area contributed by atoms with Gasteiger partial charge in [0.25, 0.3) is 0 Å². The van der Waals surface area contributed by atoms with Crippen molar-refractivity contribution < 1.29 is 13.1 Å². The number of hydrogen-bond donors (Lipinski definition) is 0. The van der Waals surface area contributed by atoms with Gasteiger partial charge >= 0.3 is 49.1 Å².